The Morgan fingerprint density at radius 2 is 1.61 bits per heavy atom. The van der Waals surface area contributed by atoms with Crippen molar-refractivity contribution in [1.82, 2.24) is 4.98 Å². The summed E-state index contributed by atoms with van der Waals surface area (Å²) in [4.78, 5) is 17.1. The molecule has 0 unspecified atom stereocenters. The fraction of sp³-hybridized carbons (Fsp3) is 0.333. The molecule has 4 nitrogen and oxygen atoms in total. The number of benzene rings is 1. The van der Waals surface area contributed by atoms with Gasteiger partial charge in [-0.25, -0.2) is 9.78 Å². The van der Waals surface area contributed by atoms with Crippen molar-refractivity contribution in [3.63, 3.8) is 0 Å². The molecule has 2 heterocycles. The van der Waals surface area contributed by atoms with E-state index in [9.17, 15) is 9.90 Å². The third-order valence-corrected chi connectivity index (χ3v) is 4.70. The van der Waals surface area contributed by atoms with E-state index in [-0.39, 0.29) is 22.3 Å². The minimum absolute atomic E-state index is 0.106. The van der Waals surface area contributed by atoms with Crippen LogP contribution < -0.4 is 5.63 Å². The number of hydrogen-bond donors (Lipinski definition) is 1. The van der Waals surface area contributed by atoms with E-state index in [0.717, 1.165) is 16.5 Å². The van der Waals surface area contributed by atoms with Crippen LogP contribution in [0.2, 0.25) is 0 Å². The van der Waals surface area contributed by atoms with Crippen molar-refractivity contribution in [3.8, 4) is 0 Å². The highest BCUT2D eigenvalue weighted by molar-refractivity contribution is 5.82. The predicted octanol–water partition coefficient (Wildman–Crippen LogP) is 5.84. The number of fused-ring (bicyclic) bond motifs is 1. The molecule has 0 bridgehead atoms. The first kappa shape index (κ1) is 19.9. The van der Waals surface area contributed by atoms with Gasteiger partial charge in [-0.15, -0.1) is 0 Å². The summed E-state index contributed by atoms with van der Waals surface area (Å²) in [5.41, 5.74) is 1.72. The van der Waals surface area contributed by atoms with Crippen molar-refractivity contribution < 1.29 is 9.52 Å². The molecular weight excluding hydrogens is 350 g/mol. The zero-order chi connectivity index (χ0) is 20.7. The van der Waals surface area contributed by atoms with Crippen molar-refractivity contribution >= 4 is 22.7 Å². The fourth-order valence-corrected chi connectivity index (χ4v) is 3.11. The zero-order valence-electron chi connectivity index (χ0n) is 17.3. The summed E-state index contributed by atoms with van der Waals surface area (Å²) in [5.74, 6) is 0.0886. The van der Waals surface area contributed by atoms with Gasteiger partial charge in [-0.05, 0) is 29.0 Å². The Bertz CT molecular complexity index is 1110. The molecule has 28 heavy (non-hydrogen) atoms. The van der Waals surface area contributed by atoms with E-state index in [0.29, 0.717) is 11.3 Å². The maximum Gasteiger partial charge on any atom is 0.340 e. The van der Waals surface area contributed by atoms with Crippen LogP contribution in [0.3, 0.4) is 0 Å². The van der Waals surface area contributed by atoms with Crippen LogP contribution in [-0.4, -0.2) is 10.1 Å². The van der Waals surface area contributed by atoms with Gasteiger partial charge in [-0.3, -0.25) is 0 Å². The van der Waals surface area contributed by atoms with Crippen LogP contribution in [0.4, 0.5) is 0 Å². The predicted molar refractivity (Wildman–Crippen MR) is 115 cm³/mol. The highest BCUT2D eigenvalue weighted by atomic mass is 16.4. The van der Waals surface area contributed by atoms with Crippen molar-refractivity contribution in [1.29, 1.82) is 0 Å². The number of nitrogens with zero attached hydrogens (tertiary/aromatic N) is 1. The van der Waals surface area contributed by atoms with E-state index in [1.165, 1.54) is 6.08 Å². The van der Waals surface area contributed by atoms with Gasteiger partial charge in [0.15, 0.2) is 11.5 Å². The van der Waals surface area contributed by atoms with Crippen LogP contribution in [0.1, 0.15) is 64.1 Å². The second-order valence-corrected chi connectivity index (χ2v) is 9.15. The number of hydrogen-bond acceptors (Lipinski definition) is 4. The van der Waals surface area contributed by atoms with Gasteiger partial charge in [0.05, 0.1) is 11.2 Å². The summed E-state index contributed by atoms with van der Waals surface area (Å²) in [6, 6.07) is 13.4. The zero-order valence-corrected chi connectivity index (χ0v) is 17.3. The monoisotopic (exact) mass is 377 g/mol. The van der Waals surface area contributed by atoms with Crippen LogP contribution in [0.5, 0.6) is 0 Å². The third kappa shape index (κ3) is 4.01. The molecule has 0 radical (unpaired) electrons. The van der Waals surface area contributed by atoms with Crippen LogP contribution >= 0.6 is 0 Å². The Morgan fingerprint density at radius 3 is 2.25 bits per heavy atom. The van der Waals surface area contributed by atoms with E-state index in [2.05, 4.69) is 4.98 Å². The summed E-state index contributed by atoms with van der Waals surface area (Å²) in [6.07, 6.45) is 1.54. The molecule has 146 valence electrons. The molecule has 3 rings (SSSR count). The Balaban J connectivity index is 2.16. The summed E-state index contributed by atoms with van der Waals surface area (Å²) in [6.45, 7) is 12.0. The van der Waals surface area contributed by atoms with Crippen LogP contribution in [0.15, 0.2) is 51.7 Å². The van der Waals surface area contributed by atoms with E-state index < -0.39 is 5.63 Å². The van der Waals surface area contributed by atoms with E-state index in [1.54, 1.807) is 0 Å². The summed E-state index contributed by atoms with van der Waals surface area (Å²) >= 11 is 0. The fourth-order valence-electron chi connectivity index (χ4n) is 3.11. The van der Waals surface area contributed by atoms with Crippen LogP contribution in [-0.2, 0) is 10.8 Å². The Kier molecular flexibility index (Phi) is 4.92. The number of aromatic nitrogens is 1. The molecule has 0 aliphatic heterocycles. The van der Waals surface area contributed by atoms with Gasteiger partial charge in [0.25, 0.3) is 0 Å². The lowest BCUT2D eigenvalue weighted by Crippen LogP contribution is -2.26. The average molecular weight is 377 g/mol. The molecule has 0 atom stereocenters. The number of pyridine rings is 1. The van der Waals surface area contributed by atoms with Gasteiger partial charge in [0, 0.05) is 22.6 Å². The van der Waals surface area contributed by atoms with Crippen LogP contribution in [0.25, 0.3) is 22.7 Å². The number of para-hydroxylation sites is 1. The third-order valence-electron chi connectivity index (χ3n) is 4.70. The summed E-state index contributed by atoms with van der Waals surface area (Å²) in [7, 11) is 0. The van der Waals surface area contributed by atoms with Crippen LogP contribution in [0, 0.1) is 0 Å². The van der Waals surface area contributed by atoms with Gasteiger partial charge >= 0.3 is 5.63 Å². The first-order chi connectivity index (χ1) is 13.0. The first-order valence-corrected chi connectivity index (χ1v) is 9.43. The highest BCUT2D eigenvalue weighted by Crippen LogP contribution is 2.32. The molecule has 0 fully saturated rings. The van der Waals surface area contributed by atoms with E-state index in [1.807, 2.05) is 84.0 Å². The second kappa shape index (κ2) is 6.93. The Morgan fingerprint density at radius 1 is 0.964 bits per heavy atom. The normalized spacial score (nSPS) is 13.1. The molecule has 0 amide bonds. The van der Waals surface area contributed by atoms with Crippen molar-refractivity contribution in [3.05, 3.63) is 75.5 Å². The largest absolute Gasteiger partial charge is 0.504 e. The first-order valence-electron chi connectivity index (χ1n) is 9.43. The van der Waals surface area contributed by atoms with Crippen molar-refractivity contribution in [2.45, 2.75) is 52.4 Å². The van der Waals surface area contributed by atoms with Gasteiger partial charge in [-0.2, -0.15) is 0 Å². The molecule has 0 saturated carbocycles. The number of aliphatic hydroxyl groups excluding tert-OH is 1. The van der Waals surface area contributed by atoms with E-state index in [4.69, 9.17) is 4.42 Å². The minimum atomic E-state index is -0.429. The number of rotatable bonds is 2. The highest BCUT2D eigenvalue weighted by Gasteiger charge is 2.28. The second-order valence-electron chi connectivity index (χ2n) is 9.15. The molecule has 4 heteroatoms. The quantitative estimate of drug-likeness (QED) is 0.570. The average Bonchev–Trinajstić information content (AvgIpc) is 2.59. The van der Waals surface area contributed by atoms with Crippen molar-refractivity contribution in [2.75, 3.05) is 0 Å². The Hall–Kier alpha value is -2.88. The Labute approximate surface area is 165 Å². The molecule has 2 aromatic heterocycles. The molecule has 0 saturated heterocycles. The standard InChI is InChI=1S/C24H27NO3/c1-23(2,3)17-14-18(24(4,5)6)22(27)28-21(17)20(26)13-16-12-11-15-9-7-8-10-19(15)25-16/h7-14,26H,1-6H3. The van der Waals surface area contributed by atoms with Crippen molar-refractivity contribution in [2.24, 2.45) is 0 Å². The molecule has 0 aliphatic rings. The molecular formula is C24H27NO3. The molecule has 3 aromatic rings. The minimum Gasteiger partial charge on any atom is -0.504 e. The number of aliphatic hydroxyl groups is 1. The van der Waals surface area contributed by atoms with Gasteiger partial charge in [0.2, 0.25) is 0 Å². The summed E-state index contributed by atoms with van der Waals surface area (Å²) in [5, 5.41) is 11.8. The SMILES string of the molecule is CC(C)(C)c1cc(C(C)(C)C)c(=O)oc1C(O)=Cc1ccc2ccccc2n1. The molecule has 1 aromatic carbocycles. The lowest BCUT2D eigenvalue weighted by molar-refractivity contribution is 0.402. The van der Waals surface area contributed by atoms with Gasteiger partial charge in [0.1, 0.15) is 0 Å². The van der Waals surface area contributed by atoms with Gasteiger partial charge in [-0.1, -0.05) is 65.8 Å². The topological polar surface area (TPSA) is 63.3 Å². The smallest absolute Gasteiger partial charge is 0.340 e. The lowest BCUT2D eigenvalue weighted by atomic mass is 9.81. The molecule has 1 N–H and O–H groups in total. The molecule has 0 aliphatic carbocycles. The maximum absolute atomic E-state index is 12.6. The lowest BCUT2D eigenvalue weighted by Gasteiger charge is -2.25. The maximum atomic E-state index is 12.6. The van der Waals surface area contributed by atoms with Gasteiger partial charge < -0.3 is 9.52 Å². The molecule has 0 spiro atoms. The van der Waals surface area contributed by atoms with E-state index >= 15 is 0 Å². The summed E-state index contributed by atoms with van der Waals surface area (Å²) < 4.78 is 5.61.